The zero-order valence-corrected chi connectivity index (χ0v) is 13.5. The molecule has 0 spiro atoms. The predicted octanol–water partition coefficient (Wildman–Crippen LogP) is 3.11. The van der Waals surface area contributed by atoms with Gasteiger partial charge in [0.05, 0.1) is 31.0 Å². The Labute approximate surface area is 143 Å². The van der Waals surface area contributed by atoms with E-state index in [-0.39, 0.29) is 6.61 Å². The van der Waals surface area contributed by atoms with Crippen molar-refractivity contribution in [3.8, 4) is 5.69 Å². The molecule has 2 amide bonds. The molecule has 3 aromatic rings. The Morgan fingerprint density at radius 1 is 1.36 bits per heavy atom. The van der Waals surface area contributed by atoms with Crippen LogP contribution in [0.5, 0.6) is 0 Å². The summed E-state index contributed by atoms with van der Waals surface area (Å²) in [5.41, 5.74) is 0.722. The van der Waals surface area contributed by atoms with Crippen LogP contribution in [0.1, 0.15) is 11.8 Å². The second-order valence-electron chi connectivity index (χ2n) is 5.25. The minimum atomic E-state index is -0.452. The highest BCUT2D eigenvalue weighted by Gasteiger charge is 2.17. The molecule has 8 heteroatoms. The molecular formula is C17H17FN4O3. The lowest BCUT2D eigenvalue weighted by Gasteiger charge is -2.15. The minimum Gasteiger partial charge on any atom is -0.467 e. The monoisotopic (exact) mass is 344 g/mol. The average molecular weight is 344 g/mol. The summed E-state index contributed by atoms with van der Waals surface area (Å²) < 4.78 is 25.5. The van der Waals surface area contributed by atoms with Crippen LogP contribution in [0.3, 0.4) is 0 Å². The number of halogens is 1. The van der Waals surface area contributed by atoms with E-state index < -0.39 is 17.9 Å². The molecule has 7 nitrogen and oxygen atoms in total. The first-order chi connectivity index (χ1) is 12.2. The van der Waals surface area contributed by atoms with Gasteiger partial charge in [0.15, 0.2) is 0 Å². The van der Waals surface area contributed by atoms with Crippen molar-refractivity contribution in [2.75, 3.05) is 19.0 Å². The summed E-state index contributed by atoms with van der Waals surface area (Å²) in [7, 11) is 1.54. The smallest absolute Gasteiger partial charge is 0.320 e. The van der Waals surface area contributed by atoms with Crippen molar-refractivity contribution in [3.63, 3.8) is 0 Å². The third-order valence-electron chi connectivity index (χ3n) is 3.47. The lowest BCUT2D eigenvalue weighted by atomic mass is 10.2. The van der Waals surface area contributed by atoms with E-state index in [1.54, 1.807) is 30.3 Å². The van der Waals surface area contributed by atoms with Gasteiger partial charge in [-0.25, -0.2) is 13.9 Å². The highest BCUT2D eigenvalue weighted by Crippen LogP contribution is 2.16. The fraction of sp³-hybridized carbons (Fsp3) is 0.176. The molecule has 3 rings (SSSR count). The van der Waals surface area contributed by atoms with Gasteiger partial charge in [-0.3, -0.25) is 0 Å². The summed E-state index contributed by atoms with van der Waals surface area (Å²) in [5.74, 6) is 0.179. The Morgan fingerprint density at radius 2 is 2.20 bits per heavy atom. The molecule has 0 aliphatic heterocycles. The van der Waals surface area contributed by atoms with Crippen LogP contribution in [0.4, 0.5) is 14.9 Å². The molecule has 0 unspecified atom stereocenters. The van der Waals surface area contributed by atoms with Gasteiger partial charge in [0.1, 0.15) is 23.3 Å². The van der Waals surface area contributed by atoms with Gasteiger partial charge < -0.3 is 19.8 Å². The van der Waals surface area contributed by atoms with Crippen molar-refractivity contribution in [1.82, 2.24) is 15.1 Å². The number of carbonyl (C=O) groups excluding carboxylic acids is 1. The summed E-state index contributed by atoms with van der Waals surface area (Å²) >= 11 is 0. The van der Waals surface area contributed by atoms with Crippen molar-refractivity contribution in [3.05, 3.63) is 66.6 Å². The number of hydrogen-bond acceptors (Lipinski definition) is 4. The number of urea groups is 1. The lowest BCUT2D eigenvalue weighted by Crippen LogP contribution is -2.34. The number of benzene rings is 1. The van der Waals surface area contributed by atoms with Crippen molar-refractivity contribution >= 4 is 11.7 Å². The molecule has 2 aromatic heterocycles. The van der Waals surface area contributed by atoms with Crippen LogP contribution in [0.2, 0.25) is 0 Å². The standard InChI is InChI=1S/C17H17FN4O3/c1-24-11-14(16-7-4-8-25-16)21-17(23)20-12-9-19-22(10-12)15-6-3-2-5-13(15)18/h2-10,14H,11H2,1H3,(H2,20,21,23)/t14-/m1/s1. The maximum absolute atomic E-state index is 13.8. The number of aromatic nitrogens is 2. The summed E-state index contributed by atoms with van der Waals surface area (Å²) in [4.78, 5) is 12.2. The molecule has 1 aromatic carbocycles. The van der Waals surface area contributed by atoms with Gasteiger partial charge in [-0.1, -0.05) is 12.1 Å². The largest absolute Gasteiger partial charge is 0.467 e. The number of furan rings is 1. The topological polar surface area (TPSA) is 81.3 Å². The normalized spacial score (nSPS) is 11.9. The van der Waals surface area contributed by atoms with Gasteiger partial charge in [-0.15, -0.1) is 0 Å². The maximum Gasteiger partial charge on any atom is 0.320 e. The molecule has 0 aliphatic rings. The maximum atomic E-state index is 13.8. The number of rotatable bonds is 6. The number of anilines is 1. The number of ether oxygens (including phenoxy) is 1. The lowest BCUT2D eigenvalue weighted by molar-refractivity contribution is 0.159. The molecule has 0 aliphatic carbocycles. The molecule has 2 heterocycles. The fourth-order valence-electron chi connectivity index (χ4n) is 2.33. The zero-order chi connectivity index (χ0) is 17.6. The third-order valence-corrected chi connectivity index (χ3v) is 3.47. The van der Waals surface area contributed by atoms with Crippen LogP contribution in [0.25, 0.3) is 5.69 Å². The number of carbonyl (C=O) groups is 1. The van der Waals surface area contributed by atoms with Gasteiger partial charge >= 0.3 is 6.03 Å². The van der Waals surface area contributed by atoms with Crippen LogP contribution >= 0.6 is 0 Å². The summed E-state index contributed by atoms with van der Waals surface area (Å²) in [6.45, 7) is 0.259. The van der Waals surface area contributed by atoms with E-state index >= 15 is 0 Å². The van der Waals surface area contributed by atoms with E-state index in [1.807, 2.05) is 0 Å². The Kier molecular flexibility index (Phi) is 5.10. The minimum absolute atomic E-state index is 0.259. The molecular weight excluding hydrogens is 327 g/mol. The molecule has 2 N–H and O–H groups in total. The number of nitrogens with one attached hydrogen (secondary N) is 2. The average Bonchev–Trinajstić information content (AvgIpc) is 3.26. The second kappa shape index (κ2) is 7.63. The first-order valence-corrected chi connectivity index (χ1v) is 7.57. The van der Waals surface area contributed by atoms with Gasteiger partial charge in [-0.05, 0) is 24.3 Å². The van der Waals surface area contributed by atoms with E-state index in [2.05, 4.69) is 15.7 Å². The number of hydrogen-bond donors (Lipinski definition) is 2. The summed E-state index contributed by atoms with van der Waals surface area (Å²) in [6.07, 6.45) is 4.48. The molecule has 0 saturated heterocycles. The van der Waals surface area contributed by atoms with Crippen LogP contribution in [0, 0.1) is 5.82 Å². The van der Waals surface area contributed by atoms with Gasteiger partial charge in [0, 0.05) is 7.11 Å². The van der Waals surface area contributed by atoms with Crippen molar-refractivity contribution in [1.29, 1.82) is 0 Å². The van der Waals surface area contributed by atoms with Crippen molar-refractivity contribution in [2.24, 2.45) is 0 Å². The number of amides is 2. The van der Waals surface area contributed by atoms with E-state index in [0.717, 1.165) is 0 Å². The van der Waals surface area contributed by atoms with Gasteiger partial charge in [0.25, 0.3) is 0 Å². The van der Waals surface area contributed by atoms with Crippen LogP contribution in [-0.4, -0.2) is 29.5 Å². The quantitative estimate of drug-likeness (QED) is 0.720. The van der Waals surface area contributed by atoms with Crippen LogP contribution in [-0.2, 0) is 4.74 Å². The van der Waals surface area contributed by atoms with Crippen LogP contribution in [0.15, 0.2) is 59.5 Å². The Morgan fingerprint density at radius 3 is 2.92 bits per heavy atom. The van der Waals surface area contributed by atoms with Crippen molar-refractivity contribution < 1.29 is 18.3 Å². The molecule has 0 saturated carbocycles. The van der Waals surface area contributed by atoms with E-state index in [0.29, 0.717) is 17.1 Å². The highest BCUT2D eigenvalue weighted by molar-refractivity contribution is 5.89. The third kappa shape index (κ3) is 4.04. The van der Waals surface area contributed by atoms with E-state index in [9.17, 15) is 9.18 Å². The number of methoxy groups -OCH3 is 1. The van der Waals surface area contributed by atoms with E-state index in [1.165, 1.54) is 36.5 Å². The zero-order valence-electron chi connectivity index (χ0n) is 13.5. The molecule has 0 radical (unpaired) electrons. The summed E-state index contributed by atoms with van der Waals surface area (Å²) in [6, 6.07) is 8.84. The molecule has 1 atom stereocenters. The predicted molar refractivity (Wildman–Crippen MR) is 89.0 cm³/mol. The Hall–Kier alpha value is -3.13. The van der Waals surface area contributed by atoms with Gasteiger partial charge in [-0.2, -0.15) is 5.10 Å². The highest BCUT2D eigenvalue weighted by atomic mass is 19.1. The molecule has 130 valence electrons. The second-order valence-corrected chi connectivity index (χ2v) is 5.25. The van der Waals surface area contributed by atoms with Gasteiger partial charge in [0.2, 0.25) is 0 Å². The SMILES string of the molecule is COC[C@@H](NC(=O)Nc1cnn(-c2ccccc2F)c1)c1ccco1. The number of para-hydroxylation sites is 1. The van der Waals surface area contributed by atoms with Crippen molar-refractivity contribution in [2.45, 2.75) is 6.04 Å². The molecule has 0 bridgehead atoms. The number of nitrogens with zero attached hydrogens (tertiary/aromatic N) is 2. The first-order valence-electron chi connectivity index (χ1n) is 7.57. The Bertz CT molecular complexity index is 832. The molecule has 0 fully saturated rings. The first kappa shape index (κ1) is 16.7. The van der Waals surface area contributed by atoms with Crippen LogP contribution < -0.4 is 10.6 Å². The van der Waals surface area contributed by atoms with E-state index in [4.69, 9.17) is 9.15 Å². The molecule has 25 heavy (non-hydrogen) atoms. The Balaban J connectivity index is 1.66. The summed E-state index contributed by atoms with van der Waals surface area (Å²) in [5, 5.41) is 9.46. The fourth-order valence-corrected chi connectivity index (χ4v) is 2.33.